The average molecular weight is 452 g/mol. The van der Waals surface area contributed by atoms with Crippen molar-refractivity contribution in [2.45, 2.75) is 20.8 Å². The number of hydrogen-bond acceptors (Lipinski definition) is 3. The van der Waals surface area contributed by atoms with E-state index in [2.05, 4.69) is 16.4 Å². The highest BCUT2D eigenvalue weighted by Crippen LogP contribution is 2.20. The average Bonchev–Trinajstić information content (AvgIpc) is 2.35. The molecule has 1 fully saturated rings. The van der Waals surface area contributed by atoms with Crippen molar-refractivity contribution in [3.8, 4) is 0 Å². The predicted molar refractivity (Wildman–Crippen MR) is 106 cm³/mol. The highest BCUT2D eigenvalue weighted by atomic mass is 127. The fourth-order valence-electron chi connectivity index (χ4n) is 2.51. The molecule has 6 nitrogen and oxygen atoms in total. The van der Waals surface area contributed by atoms with Crippen LogP contribution in [0.3, 0.4) is 0 Å². The van der Waals surface area contributed by atoms with Gasteiger partial charge in [-0.3, -0.25) is 4.99 Å². The van der Waals surface area contributed by atoms with Crippen LogP contribution in [0.15, 0.2) is 23.2 Å². The van der Waals surface area contributed by atoms with Crippen LogP contribution in [-0.2, 0) is 10.0 Å². The molecule has 1 aliphatic rings. The van der Waals surface area contributed by atoms with E-state index in [1.165, 1.54) is 4.31 Å². The summed E-state index contributed by atoms with van der Waals surface area (Å²) >= 11 is 0. The maximum absolute atomic E-state index is 11.6. The first-order chi connectivity index (χ1) is 10.3. The van der Waals surface area contributed by atoms with Crippen LogP contribution in [0.25, 0.3) is 0 Å². The Morgan fingerprint density at radius 3 is 2.39 bits per heavy atom. The van der Waals surface area contributed by atoms with Gasteiger partial charge in [-0.15, -0.1) is 24.0 Å². The molecule has 0 radical (unpaired) electrons. The van der Waals surface area contributed by atoms with E-state index >= 15 is 0 Å². The van der Waals surface area contributed by atoms with E-state index in [1.807, 2.05) is 26.0 Å². The monoisotopic (exact) mass is 452 g/mol. The molecule has 2 rings (SSSR count). The third-order valence-corrected chi connectivity index (χ3v) is 5.51. The summed E-state index contributed by atoms with van der Waals surface area (Å²) in [5, 5.41) is 3.08. The van der Waals surface area contributed by atoms with Crippen molar-refractivity contribution in [1.82, 2.24) is 4.31 Å². The number of rotatable bonds is 5. The molecule has 0 aromatic heterocycles. The van der Waals surface area contributed by atoms with E-state index in [4.69, 9.17) is 5.73 Å². The fraction of sp³-hybridized carbons (Fsp3) is 0.533. The van der Waals surface area contributed by atoms with Gasteiger partial charge >= 0.3 is 0 Å². The molecule has 3 N–H and O–H groups in total. The third-order valence-electron chi connectivity index (χ3n) is 3.70. The van der Waals surface area contributed by atoms with Crippen molar-refractivity contribution < 1.29 is 8.42 Å². The molecule has 0 saturated carbocycles. The lowest BCUT2D eigenvalue weighted by Gasteiger charge is -2.37. The number of nitrogens with zero attached hydrogens (tertiary/aromatic N) is 2. The SMILES string of the molecule is CCS(=O)(=O)N1CC(CN=C(N)Nc2cc(C)cc(C)c2)C1.I. The zero-order valence-electron chi connectivity index (χ0n) is 13.7. The van der Waals surface area contributed by atoms with Crippen molar-refractivity contribution in [2.75, 3.05) is 30.7 Å². The quantitative estimate of drug-likeness (QED) is 0.406. The Bertz CT molecular complexity index is 650. The molecule has 8 heteroatoms. The minimum absolute atomic E-state index is 0. The van der Waals surface area contributed by atoms with Gasteiger partial charge in [0.05, 0.1) is 5.75 Å². The van der Waals surface area contributed by atoms with Crippen LogP contribution in [0.2, 0.25) is 0 Å². The Morgan fingerprint density at radius 2 is 1.87 bits per heavy atom. The number of nitrogens with one attached hydrogen (secondary N) is 1. The second-order valence-electron chi connectivity index (χ2n) is 5.81. The topological polar surface area (TPSA) is 87.8 Å². The molecule has 1 aliphatic heterocycles. The van der Waals surface area contributed by atoms with Crippen LogP contribution in [0.5, 0.6) is 0 Å². The largest absolute Gasteiger partial charge is 0.370 e. The number of benzene rings is 1. The van der Waals surface area contributed by atoms with Crippen LogP contribution >= 0.6 is 24.0 Å². The minimum Gasteiger partial charge on any atom is -0.370 e. The van der Waals surface area contributed by atoms with Gasteiger partial charge < -0.3 is 11.1 Å². The summed E-state index contributed by atoms with van der Waals surface area (Å²) in [6.07, 6.45) is 0. The van der Waals surface area contributed by atoms with Gasteiger partial charge in [0.25, 0.3) is 0 Å². The highest BCUT2D eigenvalue weighted by molar-refractivity contribution is 14.0. The van der Waals surface area contributed by atoms with Gasteiger partial charge in [-0.25, -0.2) is 12.7 Å². The maximum Gasteiger partial charge on any atom is 0.213 e. The molecule has 0 aliphatic carbocycles. The molecule has 0 atom stereocenters. The van der Waals surface area contributed by atoms with Gasteiger partial charge in [0, 0.05) is 31.2 Å². The van der Waals surface area contributed by atoms with Crippen molar-refractivity contribution in [2.24, 2.45) is 16.6 Å². The van der Waals surface area contributed by atoms with Crippen LogP contribution in [0, 0.1) is 19.8 Å². The Kier molecular flexibility index (Phi) is 7.28. The zero-order chi connectivity index (χ0) is 16.3. The lowest BCUT2D eigenvalue weighted by Crippen LogP contribution is -2.51. The number of aliphatic imine (C=N–C) groups is 1. The van der Waals surface area contributed by atoms with Crippen LogP contribution in [0.4, 0.5) is 5.69 Å². The van der Waals surface area contributed by atoms with Gasteiger partial charge in [-0.1, -0.05) is 6.07 Å². The summed E-state index contributed by atoms with van der Waals surface area (Å²) in [5.41, 5.74) is 9.13. The van der Waals surface area contributed by atoms with Crippen molar-refractivity contribution in [3.05, 3.63) is 29.3 Å². The van der Waals surface area contributed by atoms with Gasteiger partial charge in [0.2, 0.25) is 10.0 Å². The van der Waals surface area contributed by atoms with E-state index < -0.39 is 10.0 Å². The molecule has 0 spiro atoms. The van der Waals surface area contributed by atoms with E-state index in [1.54, 1.807) is 6.92 Å². The Labute approximate surface area is 155 Å². The van der Waals surface area contributed by atoms with E-state index in [-0.39, 0.29) is 35.6 Å². The second-order valence-corrected chi connectivity index (χ2v) is 8.07. The molecule has 1 aromatic carbocycles. The molecule has 0 unspecified atom stereocenters. The number of nitrogens with two attached hydrogens (primary N) is 1. The smallest absolute Gasteiger partial charge is 0.213 e. The summed E-state index contributed by atoms with van der Waals surface area (Å²) < 4.78 is 24.7. The van der Waals surface area contributed by atoms with E-state index in [0.29, 0.717) is 25.6 Å². The third kappa shape index (κ3) is 5.61. The van der Waals surface area contributed by atoms with Gasteiger partial charge in [-0.05, 0) is 44.0 Å². The Balaban J connectivity index is 0.00000264. The molecule has 0 bridgehead atoms. The van der Waals surface area contributed by atoms with Crippen molar-refractivity contribution in [1.29, 1.82) is 0 Å². The van der Waals surface area contributed by atoms with Crippen molar-refractivity contribution in [3.63, 3.8) is 0 Å². The summed E-state index contributed by atoms with van der Waals surface area (Å²) in [7, 11) is -3.05. The fourth-order valence-corrected chi connectivity index (χ4v) is 3.75. The van der Waals surface area contributed by atoms with E-state index in [9.17, 15) is 8.42 Å². The van der Waals surface area contributed by atoms with Gasteiger partial charge in [0.15, 0.2) is 5.96 Å². The standard InChI is InChI=1S/C15H24N4O2S.HI/c1-4-22(20,21)19-9-13(10-19)8-17-15(16)18-14-6-11(2)5-12(3)7-14;/h5-7,13H,4,8-10H2,1-3H3,(H3,16,17,18);1H. The number of guanidine groups is 1. The molecule has 0 amide bonds. The summed E-state index contributed by atoms with van der Waals surface area (Å²) in [6, 6.07) is 6.11. The molecule has 1 saturated heterocycles. The summed E-state index contributed by atoms with van der Waals surface area (Å²) in [4.78, 5) is 4.30. The number of sulfonamides is 1. The van der Waals surface area contributed by atoms with Gasteiger partial charge in [0.1, 0.15) is 0 Å². The zero-order valence-corrected chi connectivity index (χ0v) is 16.9. The molecular weight excluding hydrogens is 427 g/mol. The van der Waals surface area contributed by atoms with Crippen molar-refractivity contribution >= 4 is 45.6 Å². The molecular formula is C15H25IN4O2S. The lowest BCUT2D eigenvalue weighted by atomic mass is 10.0. The Morgan fingerprint density at radius 1 is 1.30 bits per heavy atom. The first kappa shape index (κ1) is 20.2. The second kappa shape index (κ2) is 8.29. The molecule has 23 heavy (non-hydrogen) atoms. The number of hydrogen-bond donors (Lipinski definition) is 2. The van der Waals surface area contributed by atoms with E-state index in [0.717, 1.165) is 16.8 Å². The summed E-state index contributed by atoms with van der Waals surface area (Å²) in [6.45, 7) is 7.34. The molecule has 1 aromatic rings. The van der Waals surface area contributed by atoms with Crippen LogP contribution in [-0.4, -0.2) is 44.1 Å². The van der Waals surface area contributed by atoms with Crippen LogP contribution < -0.4 is 11.1 Å². The number of anilines is 1. The number of aryl methyl sites for hydroxylation is 2. The lowest BCUT2D eigenvalue weighted by molar-refractivity contribution is 0.208. The Hall–Kier alpha value is -0.870. The first-order valence-electron chi connectivity index (χ1n) is 7.43. The summed E-state index contributed by atoms with van der Waals surface area (Å²) in [5.74, 6) is 0.766. The normalized spacial score (nSPS) is 16.6. The van der Waals surface area contributed by atoms with Crippen LogP contribution in [0.1, 0.15) is 18.1 Å². The predicted octanol–water partition coefficient (Wildman–Crippen LogP) is 1.93. The first-order valence-corrected chi connectivity index (χ1v) is 9.04. The highest BCUT2D eigenvalue weighted by Gasteiger charge is 2.34. The minimum atomic E-state index is -3.05. The molecule has 130 valence electrons. The van der Waals surface area contributed by atoms with Gasteiger partial charge in [-0.2, -0.15) is 0 Å². The maximum atomic E-state index is 11.6. The number of halogens is 1. The molecule has 1 heterocycles.